The number of hydrogen-bond acceptors (Lipinski definition) is 8. The molecule has 0 amide bonds. The van der Waals surface area contributed by atoms with E-state index in [4.69, 9.17) is 8.83 Å². The van der Waals surface area contributed by atoms with Gasteiger partial charge in [0.1, 0.15) is 21.9 Å². The Morgan fingerprint density at radius 2 is 2.17 bits per heavy atom. The number of aromatic nitrogens is 4. The third-order valence-electron chi connectivity index (χ3n) is 4.15. The summed E-state index contributed by atoms with van der Waals surface area (Å²) >= 11 is 3.17. The zero-order valence-electron chi connectivity index (χ0n) is 12.8. The molecule has 0 radical (unpaired) electrons. The normalized spacial score (nSPS) is 13.7. The van der Waals surface area contributed by atoms with Crippen molar-refractivity contribution in [3.8, 4) is 11.5 Å². The molecule has 8 heteroatoms. The molecule has 0 aromatic carbocycles. The predicted octanol–water partition coefficient (Wildman–Crippen LogP) is 4.28. The van der Waals surface area contributed by atoms with Crippen LogP contribution < -0.4 is 0 Å². The van der Waals surface area contributed by atoms with Crippen LogP contribution in [0.4, 0.5) is 0 Å². The molecule has 1 aliphatic carbocycles. The standard InChI is InChI=1S/C16H12N4O2S2/c1-8-9(5-6-21-8)13-19-20-16(22-13)24-15-12-10-3-2-4-11(10)23-14(12)17-7-18-15/h5-7H,2-4H2,1H3. The molecule has 24 heavy (non-hydrogen) atoms. The van der Waals surface area contributed by atoms with Crippen LogP contribution in [0.15, 0.2) is 37.7 Å². The van der Waals surface area contributed by atoms with E-state index in [9.17, 15) is 0 Å². The van der Waals surface area contributed by atoms with Gasteiger partial charge in [-0.05, 0) is 49.6 Å². The molecule has 0 aliphatic heterocycles. The average Bonchev–Trinajstić information content (AvgIpc) is 3.30. The molecular formula is C16H12N4O2S2. The summed E-state index contributed by atoms with van der Waals surface area (Å²) in [7, 11) is 0. The van der Waals surface area contributed by atoms with E-state index in [1.54, 1.807) is 23.9 Å². The fraction of sp³-hybridized carbons (Fsp3) is 0.250. The molecule has 120 valence electrons. The molecule has 0 saturated heterocycles. The van der Waals surface area contributed by atoms with Gasteiger partial charge in [0.05, 0.1) is 11.8 Å². The molecular weight excluding hydrogens is 344 g/mol. The summed E-state index contributed by atoms with van der Waals surface area (Å²) in [6.07, 6.45) is 6.67. The van der Waals surface area contributed by atoms with Crippen LogP contribution in [0, 0.1) is 6.92 Å². The van der Waals surface area contributed by atoms with Gasteiger partial charge in [0.2, 0.25) is 0 Å². The molecule has 1 aliphatic rings. The lowest BCUT2D eigenvalue weighted by Crippen LogP contribution is -1.87. The molecule has 0 unspecified atom stereocenters. The summed E-state index contributed by atoms with van der Waals surface area (Å²) in [5.74, 6) is 1.22. The van der Waals surface area contributed by atoms with Crippen molar-refractivity contribution in [3.05, 3.63) is 34.9 Å². The highest BCUT2D eigenvalue weighted by Crippen LogP contribution is 2.41. The summed E-state index contributed by atoms with van der Waals surface area (Å²) in [6.45, 7) is 1.87. The molecule has 0 atom stereocenters. The summed E-state index contributed by atoms with van der Waals surface area (Å²) < 4.78 is 11.1. The van der Waals surface area contributed by atoms with Gasteiger partial charge in [0.15, 0.2) is 0 Å². The van der Waals surface area contributed by atoms with E-state index in [2.05, 4.69) is 20.2 Å². The van der Waals surface area contributed by atoms with E-state index in [0.717, 1.165) is 39.4 Å². The van der Waals surface area contributed by atoms with Gasteiger partial charge in [-0.1, -0.05) is 0 Å². The van der Waals surface area contributed by atoms with Crippen LogP contribution in [0.1, 0.15) is 22.6 Å². The number of furan rings is 1. The van der Waals surface area contributed by atoms with Crippen LogP contribution in [0.25, 0.3) is 21.7 Å². The van der Waals surface area contributed by atoms with Gasteiger partial charge in [0, 0.05) is 10.3 Å². The number of rotatable bonds is 3. The van der Waals surface area contributed by atoms with Crippen molar-refractivity contribution in [3.63, 3.8) is 0 Å². The summed E-state index contributed by atoms with van der Waals surface area (Å²) in [4.78, 5) is 11.4. The second kappa shape index (κ2) is 5.42. The second-order valence-corrected chi connectivity index (χ2v) is 7.61. The van der Waals surface area contributed by atoms with Crippen LogP contribution in [-0.4, -0.2) is 20.2 Å². The van der Waals surface area contributed by atoms with Crippen LogP contribution in [0.3, 0.4) is 0 Å². The van der Waals surface area contributed by atoms with Crippen molar-refractivity contribution >= 4 is 33.3 Å². The van der Waals surface area contributed by atoms with Gasteiger partial charge in [0.25, 0.3) is 11.1 Å². The maximum absolute atomic E-state index is 5.78. The molecule has 0 saturated carbocycles. The third kappa shape index (κ3) is 2.17. The summed E-state index contributed by atoms with van der Waals surface area (Å²) in [5, 5.41) is 10.8. The minimum absolute atomic E-state index is 0.463. The van der Waals surface area contributed by atoms with Crippen molar-refractivity contribution in [1.29, 1.82) is 0 Å². The first-order valence-electron chi connectivity index (χ1n) is 7.60. The fourth-order valence-electron chi connectivity index (χ4n) is 3.03. The molecule has 6 nitrogen and oxygen atoms in total. The smallest absolute Gasteiger partial charge is 0.283 e. The van der Waals surface area contributed by atoms with Gasteiger partial charge in [-0.3, -0.25) is 0 Å². The SMILES string of the molecule is Cc1occc1-c1nnc(Sc2ncnc3sc4c(c23)CCC4)o1. The number of nitrogens with zero attached hydrogens (tertiary/aromatic N) is 4. The maximum atomic E-state index is 5.78. The van der Waals surface area contributed by atoms with Gasteiger partial charge < -0.3 is 8.83 Å². The Hall–Kier alpha value is -2.19. The van der Waals surface area contributed by atoms with Crippen LogP contribution in [-0.2, 0) is 12.8 Å². The molecule has 0 bridgehead atoms. The average molecular weight is 356 g/mol. The second-order valence-electron chi connectivity index (χ2n) is 5.58. The molecule has 4 aromatic rings. The quantitative estimate of drug-likeness (QED) is 0.507. The van der Waals surface area contributed by atoms with Gasteiger partial charge in [-0.2, -0.15) is 0 Å². The molecule has 0 N–H and O–H groups in total. The van der Waals surface area contributed by atoms with Gasteiger partial charge in [-0.25, -0.2) is 9.97 Å². The molecule has 0 fully saturated rings. The lowest BCUT2D eigenvalue weighted by Gasteiger charge is -2.00. The number of fused-ring (bicyclic) bond motifs is 3. The summed E-state index contributed by atoms with van der Waals surface area (Å²) in [5.41, 5.74) is 2.21. The minimum Gasteiger partial charge on any atom is -0.469 e. The van der Waals surface area contributed by atoms with E-state index in [-0.39, 0.29) is 0 Å². The Labute approximate surface area is 145 Å². The van der Waals surface area contributed by atoms with Crippen LogP contribution in [0.5, 0.6) is 0 Å². The van der Waals surface area contributed by atoms with Crippen molar-refractivity contribution in [2.45, 2.75) is 36.4 Å². The highest BCUT2D eigenvalue weighted by molar-refractivity contribution is 7.99. The highest BCUT2D eigenvalue weighted by atomic mass is 32.2. The first kappa shape index (κ1) is 14.2. The number of aryl methyl sites for hydroxylation is 3. The Balaban J connectivity index is 1.54. The molecule has 4 heterocycles. The largest absolute Gasteiger partial charge is 0.469 e. The zero-order chi connectivity index (χ0) is 16.1. The van der Waals surface area contributed by atoms with Crippen LogP contribution in [0.2, 0.25) is 0 Å². The first-order chi connectivity index (χ1) is 11.8. The van der Waals surface area contributed by atoms with Gasteiger partial charge in [-0.15, -0.1) is 21.5 Å². The Morgan fingerprint density at radius 1 is 1.21 bits per heavy atom. The monoisotopic (exact) mass is 356 g/mol. The lowest BCUT2D eigenvalue weighted by atomic mass is 10.2. The highest BCUT2D eigenvalue weighted by Gasteiger charge is 2.23. The molecule has 5 rings (SSSR count). The Kier molecular flexibility index (Phi) is 3.20. The molecule has 0 spiro atoms. The Morgan fingerprint density at radius 3 is 3.04 bits per heavy atom. The van der Waals surface area contributed by atoms with E-state index in [1.807, 2.05) is 13.0 Å². The van der Waals surface area contributed by atoms with E-state index >= 15 is 0 Å². The zero-order valence-corrected chi connectivity index (χ0v) is 14.4. The predicted molar refractivity (Wildman–Crippen MR) is 90.3 cm³/mol. The topological polar surface area (TPSA) is 77.8 Å². The van der Waals surface area contributed by atoms with E-state index < -0.39 is 0 Å². The van der Waals surface area contributed by atoms with Crippen molar-refractivity contribution < 1.29 is 8.83 Å². The van der Waals surface area contributed by atoms with Crippen molar-refractivity contribution in [1.82, 2.24) is 20.2 Å². The summed E-state index contributed by atoms with van der Waals surface area (Å²) in [6, 6.07) is 1.83. The maximum Gasteiger partial charge on any atom is 0.283 e. The number of thiophene rings is 1. The van der Waals surface area contributed by atoms with Gasteiger partial charge >= 0.3 is 0 Å². The lowest BCUT2D eigenvalue weighted by molar-refractivity contribution is 0.463. The molecule has 4 aromatic heterocycles. The Bertz CT molecular complexity index is 1050. The minimum atomic E-state index is 0.463. The van der Waals surface area contributed by atoms with Crippen molar-refractivity contribution in [2.75, 3.05) is 0 Å². The number of hydrogen-bond donors (Lipinski definition) is 0. The van der Waals surface area contributed by atoms with E-state index in [0.29, 0.717) is 11.1 Å². The third-order valence-corrected chi connectivity index (χ3v) is 6.19. The van der Waals surface area contributed by atoms with Crippen molar-refractivity contribution in [2.24, 2.45) is 0 Å². The van der Waals surface area contributed by atoms with Crippen LogP contribution >= 0.6 is 23.1 Å². The fourth-order valence-corrected chi connectivity index (χ4v) is 5.11. The van der Waals surface area contributed by atoms with E-state index in [1.165, 1.54) is 28.6 Å². The first-order valence-corrected chi connectivity index (χ1v) is 9.24.